The van der Waals surface area contributed by atoms with Crippen LogP contribution in [0.25, 0.3) is 0 Å². The van der Waals surface area contributed by atoms with E-state index in [1.807, 2.05) is 0 Å². The van der Waals surface area contributed by atoms with Crippen LogP contribution in [-0.4, -0.2) is 12.6 Å². The van der Waals surface area contributed by atoms with Crippen LogP contribution in [0.3, 0.4) is 0 Å². The highest BCUT2D eigenvalue weighted by atomic mass is 32.1. The summed E-state index contributed by atoms with van der Waals surface area (Å²) in [6.45, 7) is 3.35. The minimum absolute atomic E-state index is 0.587. The van der Waals surface area contributed by atoms with Crippen LogP contribution >= 0.6 is 11.3 Å². The van der Waals surface area contributed by atoms with Gasteiger partial charge in [0.15, 0.2) is 0 Å². The Labute approximate surface area is 114 Å². The third-order valence-electron chi connectivity index (χ3n) is 3.20. The predicted molar refractivity (Wildman–Crippen MR) is 80.3 cm³/mol. The van der Waals surface area contributed by atoms with Gasteiger partial charge in [0.1, 0.15) is 0 Å². The average molecular weight is 259 g/mol. The number of nitrogens with one attached hydrogen (secondary N) is 1. The van der Waals surface area contributed by atoms with Gasteiger partial charge in [0.05, 0.1) is 0 Å². The Kier molecular flexibility index (Phi) is 5.43. The van der Waals surface area contributed by atoms with Gasteiger partial charge in [0.2, 0.25) is 0 Å². The van der Waals surface area contributed by atoms with E-state index in [0.717, 1.165) is 19.4 Å². The first-order chi connectivity index (χ1) is 8.84. The Morgan fingerprint density at radius 3 is 2.61 bits per heavy atom. The van der Waals surface area contributed by atoms with Crippen LogP contribution in [0.5, 0.6) is 0 Å². The van der Waals surface area contributed by atoms with E-state index < -0.39 is 0 Å². The molecular formula is C16H21NS. The molecule has 18 heavy (non-hydrogen) atoms. The standard InChI is InChI=1S/C16H21NS/c1-14(7-8-15-5-3-2-4-6-15)17-11-9-16-10-12-18-13-16/h2-6,10,12-14,17H,7-9,11H2,1H3. The second kappa shape index (κ2) is 7.34. The predicted octanol–water partition coefficient (Wildman–Crippen LogP) is 3.90. The lowest BCUT2D eigenvalue weighted by atomic mass is 10.1. The third kappa shape index (κ3) is 4.63. The van der Waals surface area contributed by atoms with E-state index in [2.05, 4.69) is 59.4 Å². The van der Waals surface area contributed by atoms with Crippen molar-refractivity contribution in [3.63, 3.8) is 0 Å². The van der Waals surface area contributed by atoms with Crippen LogP contribution in [0.1, 0.15) is 24.5 Å². The molecule has 0 amide bonds. The maximum absolute atomic E-state index is 3.60. The van der Waals surface area contributed by atoms with Gasteiger partial charge in [-0.15, -0.1) is 0 Å². The number of hydrogen-bond acceptors (Lipinski definition) is 2. The molecule has 2 aromatic rings. The van der Waals surface area contributed by atoms with Crippen molar-refractivity contribution >= 4 is 11.3 Å². The molecular weight excluding hydrogens is 238 g/mol. The molecule has 2 rings (SSSR count). The normalized spacial score (nSPS) is 12.5. The van der Waals surface area contributed by atoms with Crippen LogP contribution in [0.2, 0.25) is 0 Å². The highest BCUT2D eigenvalue weighted by Gasteiger charge is 2.02. The number of rotatable bonds is 7. The molecule has 0 aliphatic rings. The second-order valence-corrected chi connectivity index (χ2v) is 5.54. The molecule has 1 nitrogen and oxygen atoms in total. The summed E-state index contributed by atoms with van der Waals surface area (Å²) < 4.78 is 0. The van der Waals surface area contributed by atoms with E-state index in [1.54, 1.807) is 11.3 Å². The Morgan fingerprint density at radius 1 is 1.06 bits per heavy atom. The van der Waals surface area contributed by atoms with E-state index >= 15 is 0 Å². The Balaban J connectivity index is 1.62. The lowest BCUT2D eigenvalue weighted by molar-refractivity contribution is 0.518. The number of hydrogen-bond donors (Lipinski definition) is 1. The Bertz CT molecular complexity index is 422. The number of aryl methyl sites for hydroxylation is 1. The van der Waals surface area contributed by atoms with Gasteiger partial charge in [-0.25, -0.2) is 0 Å². The van der Waals surface area contributed by atoms with E-state index in [0.29, 0.717) is 6.04 Å². The maximum atomic E-state index is 3.60. The zero-order chi connectivity index (χ0) is 12.6. The average Bonchev–Trinajstić information content (AvgIpc) is 2.91. The summed E-state index contributed by atoms with van der Waals surface area (Å²) in [7, 11) is 0. The second-order valence-electron chi connectivity index (χ2n) is 4.76. The number of thiophene rings is 1. The molecule has 2 heteroatoms. The van der Waals surface area contributed by atoms with Crippen molar-refractivity contribution < 1.29 is 0 Å². The van der Waals surface area contributed by atoms with Crippen molar-refractivity contribution in [1.82, 2.24) is 5.32 Å². The van der Waals surface area contributed by atoms with Crippen molar-refractivity contribution in [3.8, 4) is 0 Å². The molecule has 0 bridgehead atoms. The van der Waals surface area contributed by atoms with Crippen molar-refractivity contribution in [3.05, 3.63) is 58.3 Å². The molecule has 0 spiro atoms. The Hall–Kier alpha value is -1.12. The monoisotopic (exact) mass is 259 g/mol. The fourth-order valence-corrected chi connectivity index (χ4v) is 2.73. The molecule has 0 radical (unpaired) electrons. The molecule has 1 atom stereocenters. The number of benzene rings is 1. The molecule has 0 aliphatic carbocycles. The summed E-state index contributed by atoms with van der Waals surface area (Å²) in [4.78, 5) is 0. The van der Waals surface area contributed by atoms with Gasteiger partial charge in [0, 0.05) is 6.04 Å². The molecule has 1 N–H and O–H groups in total. The van der Waals surface area contributed by atoms with Gasteiger partial charge in [0.25, 0.3) is 0 Å². The van der Waals surface area contributed by atoms with Gasteiger partial charge in [-0.05, 0) is 60.7 Å². The minimum atomic E-state index is 0.587. The quantitative estimate of drug-likeness (QED) is 0.795. The van der Waals surface area contributed by atoms with Crippen molar-refractivity contribution in [2.45, 2.75) is 32.2 Å². The van der Waals surface area contributed by atoms with Crippen LogP contribution in [0, 0.1) is 0 Å². The van der Waals surface area contributed by atoms with Crippen LogP contribution in [0.15, 0.2) is 47.2 Å². The maximum Gasteiger partial charge on any atom is 0.00420 e. The molecule has 0 aliphatic heterocycles. The van der Waals surface area contributed by atoms with Crippen molar-refractivity contribution in [1.29, 1.82) is 0 Å². The van der Waals surface area contributed by atoms with Crippen LogP contribution in [-0.2, 0) is 12.8 Å². The van der Waals surface area contributed by atoms with Gasteiger partial charge in [-0.3, -0.25) is 0 Å². The van der Waals surface area contributed by atoms with Gasteiger partial charge >= 0.3 is 0 Å². The van der Waals surface area contributed by atoms with Crippen LogP contribution in [0.4, 0.5) is 0 Å². The molecule has 1 aromatic carbocycles. The third-order valence-corrected chi connectivity index (χ3v) is 3.93. The summed E-state index contributed by atoms with van der Waals surface area (Å²) in [6, 6.07) is 13.5. The summed E-state index contributed by atoms with van der Waals surface area (Å²) in [6.07, 6.45) is 3.50. The summed E-state index contributed by atoms with van der Waals surface area (Å²) in [5, 5.41) is 7.98. The van der Waals surface area contributed by atoms with Crippen molar-refractivity contribution in [2.24, 2.45) is 0 Å². The Morgan fingerprint density at radius 2 is 1.89 bits per heavy atom. The zero-order valence-electron chi connectivity index (χ0n) is 10.9. The zero-order valence-corrected chi connectivity index (χ0v) is 11.7. The lowest BCUT2D eigenvalue weighted by Gasteiger charge is -2.13. The molecule has 0 saturated carbocycles. The molecule has 0 saturated heterocycles. The fourth-order valence-electron chi connectivity index (χ4n) is 2.03. The summed E-state index contributed by atoms with van der Waals surface area (Å²) in [5.41, 5.74) is 2.88. The first-order valence-corrected chi connectivity index (χ1v) is 7.57. The largest absolute Gasteiger partial charge is 0.314 e. The van der Waals surface area contributed by atoms with Gasteiger partial charge < -0.3 is 5.32 Å². The van der Waals surface area contributed by atoms with E-state index in [9.17, 15) is 0 Å². The van der Waals surface area contributed by atoms with Gasteiger partial charge in [-0.1, -0.05) is 30.3 Å². The summed E-state index contributed by atoms with van der Waals surface area (Å²) >= 11 is 1.78. The highest BCUT2D eigenvalue weighted by molar-refractivity contribution is 7.07. The molecule has 1 heterocycles. The van der Waals surface area contributed by atoms with E-state index in [1.165, 1.54) is 17.5 Å². The minimum Gasteiger partial charge on any atom is -0.314 e. The smallest absolute Gasteiger partial charge is 0.00420 e. The van der Waals surface area contributed by atoms with Crippen molar-refractivity contribution in [2.75, 3.05) is 6.54 Å². The molecule has 1 aromatic heterocycles. The van der Waals surface area contributed by atoms with E-state index in [-0.39, 0.29) is 0 Å². The first-order valence-electron chi connectivity index (χ1n) is 6.63. The first kappa shape index (κ1) is 13.3. The van der Waals surface area contributed by atoms with Gasteiger partial charge in [-0.2, -0.15) is 11.3 Å². The van der Waals surface area contributed by atoms with E-state index in [4.69, 9.17) is 0 Å². The molecule has 1 unspecified atom stereocenters. The molecule has 96 valence electrons. The molecule has 0 fully saturated rings. The summed E-state index contributed by atoms with van der Waals surface area (Å²) in [5.74, 6) is 0. The highest BCUT2D eigenvalue weighted by Crippen LogP contribution is 2.07. The topological polar surface area (TPSA) is 12.0 Å². The fraction of sp³-hybridized carbons (Fsp3) is 0.375. The van der Waals surface area contributed by atoms with Crippen LogP contribution < -0.4 is 5.32 Å². The SMILES string of the molecule is CC(CCc1ccccc1)NCCc1ccsc1. The lowest BCUT2D eigenvalue weighted by Crippen LogP contribution is -2.28.